The maximum atomic E-state index is 5.05. The van der Waals surface area contributed by atoms with Crippen molar-refractivity contribution in [1.29, 1.82) is 0 Å². The second-order valence-electron chi connectivity index (χ2n) is 13.6. The monoisotopic (exact) mass is 684 g/mol. The first kappa shape index (κ1) is 31.0. The highest BCUT2D eigenvalue weighted by Gasteiger charge is 2.45. The van der Waals surface area contributed by atoms with Gasteiger partial charge in [0, 0.05) is 40.1 Å². The highest BCUT2D eigenvalue weighted by atomic mass is 15.1. The van der Waals surface area contributed by atoms with Crippen LogP contribution in [0.15, 0.2) is 146 Å². The Morgan fingerprint density at radius 2 is 0.755 bits per heavy atom. The first-order valence-electron chi connectivity index (χ1n) is 18.0. The van der Waals surface area contributed by atoms with Crippen LogP contribution in [0.5, 0.6) is 0 Å². The number of hydrogen-bond acceptors (Lipinski definition) is 8. The van der Waals surface area contributed by atoms with E-state index in [1.54, 1.807) is 12.4 Å². The minimum Gasteiger partial charge on any atom is -0.253 e. The van der Waals surface area contributed by atoms with Crippen molar-refractivity contribution < 1.29 is 0 Å². The van der Waals surface area contributed by atoms with Crippen LogP contribution in [0, 0.1) is 0 Å². The summed E-state index contributed by atoms with van der Waals surface area (Å²) in [6.45, 7) is 0. The van der Waals surface area contributed by atoms with E-state index in [9.17, 15) is 0 Å². The molecular weight excluding hydrogens is 653 g/mol. The van der Waals surface area contributed by atoms with Gasteiger partial charge >= 0.3 is 0 Å². The molecule has 1 saturated carbocycles. The molecule has 0 aliphatic heterocycles. The molecule has 8 nitrogen and oxygen atoms in total. The Hall–Kier alpha value is -6.80. The SMILES string of the molecule is c1ccc(-c2nc(-c3ccccc3)nc(-c3ccc4c(c3)C3(CCCC3)c3cc(-c5nc(-c6ccccn6)nc(-c6ccccn6)n5)ccc3-4)n2)cc1. The molecule has 4 heterocycles. The first-order chi connectivity index (χ1) is 26.2. The van der Waals surface area contributed by atoms with Gasteiger partial charge in [0.15, 0.2) is 34.9 Å². The highest BCUT2D eigenvalue weighted by molar-refractivity contribution is 5.85. The van der Waals surface area contributed by atoms with Crippen molar-refractivity contribution in [2.24, 2.45) is 0 Å². The summed E-state index contributed by atoms with van der Waals surface area (Å²) in [7, 11) is 0. The van der Waals surface area contributed by atoms with Gasteiger partial charge in [-0.05, 0) is 71.5 Å². The minimum absolute atomic E-state index is 0.130. The molecule has 1 spiro atoms. The molecule has 0 radical (unpaired) electrons. The number of fused-ring (bicyclic) bond motifs is 5. The summed E-state index contributed by atoms with van der Waals surface area (Å²) < 4.78 is 0. The van der Waals surface area contributed by atoms with Crippen molar-refractivity contribution in [2.75, 3.05) is 0 Å². The summed E-state index contributed by atoms with van der Waals surface area (Å²) >= 11 is 0. The molecule has 2 aliphatic rings. The van der Waals surface area contributed by atoms with Gasteiger partial charge in [-0.25, -0.2) is 29.9 Å². The molecule has 0 saturated heterocycles. The summed E-state index contributed by atoms with van der Waals surface area (Å²) in [5.74, 6) is 3.61. The lowest BCUT2D eigenvalue weighted by Gasteiger charge is -2.27. The average molecular weight is 685 g/mol. The van der Waals surface area contributed by atoms with Crippen LogP contribution in [0.3, 0.4) is 0 Å². The fraction of sp³-hybridized carbons (Fsp3) is 0.111. The van der Waals surface area contributed by atoms with Crippen molar-refractivity contribution in [1.82, 2.24) is 39.9 Å². The van der Waals surface area contributed by atoms with E-state index in [0.717, 1.165) is 47.9 Å². The number of rotatable bonds is 6. The zero-order valence-electron chi connectivity index (χ0n) is 28.8. The minimum atomic E-state index is -0.130. The molecule has 0 unspecified atom stereocenters. The summed E-state index contributed by atoms with van der Waals surface area (Å²) in [6, 6.07) is 45.2. The molecule has 4 aromatic heterocycles. The van der Waals surface area contributed by atoms with E-state index in [0.29, 0.717) is 46.3 Å². The predicted octanol–water partition coefficient (Wildman–Crippen LogP) is 9.69. The second kappa shape index (κ2) is 12.8. The van der Waals surface area contributed by atoms with Crippen molar-refractivity contribution in [3.8, 4) is 79.7 Å². The van der Waals surface area contributed by atoms with E-state index in [1.807, 2.05) is 97.1 Å². The van der Waals surface area contributed by atoms with Crippen LogP contribution in [-0.2, 0) is 5.41 Å². The van der Waals surface area contributed by atoms with Gasteiger partial charge in [0.05, 0.1) is 0 Å². The van der Waals surface area contributed by atoms with Crippen molar-refractivity contribution in [2.45, 2.75) is 31.1 Å². The lowest BCUT2D eigenvalue weighted by molar-refractivity contribution is 0.550. The van der Waals surface area contributed by atoms with Gasteiger partial charge in [-0.1, -0.05) is 110 Å². The predicted molar refractivity (Wildman–Crippen MR) is 206 cm³/mol. The highest BCUT2D eigenvalue weighted by Crippen LogP contribution is 2.58. The Morgan fingerprint density at radius 1 is 0.358 bits per heavy atom. The van der Waals surface area contributed by atoms with Gasteiger partial charge < -0.3 is 0 Å². The average Bonchev–Trinajstić information content (AvgIpc) is 3.85. The van der Waals surface area contributed by atoms with Gasteiger partial charge in [-0.2, -0.15) is 0 Å². The van der Waals surface area contributed by atoms with E-state index in [4.69, 9.17) is 29.9 Å². The van der Waals surface area contributed by atoms with E-state index < -0.39 is 0 Å². The number of nitrogens with zero attached hydrogens (tertiary/aromatic N) is 8. The van der Waals surface area contributed by atoms with E-state index in [2.05, 4.69) is 46.4 Å². The Balaban J connectivity index is 1.10. The number of pyridine rings is 2. The summed E-state index contributed by atoms with van der Waals surface area (Å²) in [5, 5.41) is 0. The Labute approximate surface area is 306 Å². The Kier molecular flexibility index (Phi) is 7.46. The lowest BCUT2D eigenvalue weighted by Crippen LogP contribution is -2.20. The van der Waals surface area contributed by atoms with Crippen LogP contribution in [0.25, 0.3) is 79.7 Å². The van der Waals surface area contributed by atoms with Crippen molar-refractivity contribution in [3.05, 3.63) is 157 Å². The maximum absolute atomic E-state index is 5.05. The third-order valence-electron chi connectivity index (χ3n) is 10.5. The molecule has 4 aromatic carbocycles. The maximum Gasteiger partial charge on any atom is 0.182 e. The second-order valence-corrected chi connectivity index (χ2v) is 13.6. The molecule has 0 atom stereocenters. The topological polar surface area (TPSA) is 103 Å². The zero-order valence-corrected chi connectivity index (χ0v) is 28.8. The van der Waals surface area contributed by atoms with Gasteiger partial charge in [0.25, 0.3) is 0 Å². The van der Waals surface area contributed by atoms with Gasteiger partial charge in [0.2, 0.25) is 0 Å². The van der Waals surface area contributed by atoms with Crippen molar-refractivity contribution >= 4 is 0 Å². The lowest BCUT2D eigenvalue weighted by atomic mass is 9.76. The van der Waals surface area contributed by atoms with Gasteiger partial charge in [-0.3, -0.25) is 9.97 Å². The number of aromatic nitrogens is 8. The van der Waals surface area contributed by atoms with Crippen LogP contribution >= 0.6 is 0 Å². The fourth-order valence-electron chi connectivity index (χ4n) is 7.95. The van der Waals surface area contributed by atoms with Crippen LogP contribution in [0.4, 0.5) is 0 Å². The largest absolute Gasteiger partial charge is 0.253 e. The number of hydrogen-bond donors (Lipinski definition) is 0. The normalized spacial score (nSPS) is 13.9. The third-order valence-corrected chi connectivity index (χ3v) is 10.5. The first-order valence-corrected chi connectivity index (χ1v) is 18.0. The molecule has 10 rings (SSSR count). The molecule has 8 heteroatoms. The quantitative estimate of drug-likeness (QED) is 0.171. The summed E-state index contributed by atoms with van der Waals surface area (Å²) in [4.78, 5) is 38.9. The molecular formula is C45H32N8. The van der Waals surface area contributed by atoms with Crippen LogP contribution < -0.4 is 0 Å². The molecule has 0 bridgehead atoms. The van der Waals surface area contributed by atoms with Crippen LogP contribution in [0.2, 0.25) is 0 Å². The molecule has 1 fully saturated rings. The Morgan fingerprint density at radius 3 is 1.19 bits per heavy atom. The van der Waals surface area contributed by atoms with Gasteiger partial charge in [-0.15, -0.1) is 0 Å². The number of benzene rings is 4. The summed E-state index contributed by atoms with van der Waals surface area (Å²) in [6.07, 6.45) is 7.97. The molecule has 252 valence electrons. The van der Waals surface area contributed by atoms with Crippen molar-refractivity contribution in [3.63, 3.8) is 0 Å². The third kappa shape index (κ3) is 5.47. The van der Waals surface area contributed by atoms with E-state index >= 15 is 0 Å². The molecule has 8 aromatic rings. The van der Waals surface area contributed by atoms with Crippen LogP contribution in [-0.4, -0.2) is 39.9 Å². The van der Waals surface area contributed by atoms with Crippen LogP contribution in [0.1, 0.15) is 36.8 Å². The van der Waals surface area contributed by atoms with E-state index in [1.165, 1.54) is 22.3 Å². The Bertz CT molecular complexity index is 2310. The van der Waals surface area contributed by atoms with Gasteiger partial charge in [0.1, 0.15) is 11.4 Å². The fourth-order valence-corrected chi connectivity index (χ4v) is 7.95. The zero-order chi connectivity index (χ0) is 35.2. The molecule has 0 N–H and O–H groups in total. The smallest absolute Gasteiger partial charge is 0.182 e. The van der Waals surface area contributed by atoms with E-state index in [-0.39, 0.29) is 5.41 Å². The molecule has 2 aliphatic carbocycles. The molecule has 0 amide bonds. The standard InChI is InChI=1S/C45H32N8/c1-3-13-29(14-4-1)39-48-40(30-15-5-2-6-16-30)50-41(49-39)31-19-21-33-34-22-20-32(28-36(34)45(35(33)27-31)23-9-10-24-45)42-51-43(37-17-7-11-25-46-37)53-44(52-42)38-18-8-12-26-47-38/h1-8,11-22,25-28H,9-10,23-24H2. The summed E-state index contributed by atoms with van der Waals surface area (Å²) in [5.41, 5.74) is 10.3. The molecule has 53 heavy (non-hydrogen) atoms.